The molecule has 96 valence electrons. The van der Waals surface area contributed by atoms with Crippen molar-refractivity contribution in [3.63, 3.8) is 0 Å². The van der Waals surface area contributed by atoms with E-state index in [4.69, 9.17) is 4.74 Å². The van der Waals surface area contributed by atoms with E-state index in [0.717, 1.165) is 24.9 Å². The van der Waals surface area contributed by atoms with Gasteiger partial charge in [-0.25, -0.2) is 0 Å². The monoisotopic (exact) mass is 249 g/mol. The molecule has 1 unspecified atom stereocenters. The van der Waals surface area contributed by atoms with E-state index in [0.29, 0.717) is 6.61 Å². The molecule has 1 rings (SSSR count). The average molecular weight is 249 g/mol. The number of aliphatic hydroxyl groups excluding tert-OH is 1. The Morgan fingerprint density at radius 2 is 2.18 bits per heavy atom. The highest BCUT2D eigenvalue weighted by molar-refractivity contribution is 5.28. The van der Waals surface area contributed by atoms with Crippen molar-refractivity contribution in [2.45, 2.75) is 25.6 Å². The zero-order chi connectivity index (χ0) is 12.9. The molecule has 0 radical (unpaired) electrons. The van der Waals surface area contributed by atoms with Gasteiger partial charge in [0.15, 0.2) is 0 Å². The van der Waals surface area contributed by atoms with Gasteiger partial charge in [-0.1, -0.05) is 6.92 Å². The van der Waals surface area contributed by atoms with Gasteiger partial charge in [-0.3, -0.25) is 4.98 Å². The van der Waals surface area contributed by atoms with E-state index in [9.17, 15) is 18.3 Å². The Bertz CT molecular complexity index is 355. The van der Waals surface area contributed by atoms with E-state index in [-0.39, 0.29) is 12.2 Å². The predicted octanol–water partition coefficient (Wildman–Crippen LogP) is 2.56. The van der Waals surface area contributed by atoms with Gasteiger partial charge in [0.05, 0.1) is 12.2 Å². The molecule has 0 aliphatic carbocycles. The number of hydrogen-bond donors (Lipinski definition) is 1. The number of pyridine rings is 1. The third-order valence-corrected chi connectivity index (χ3v) is 2.14. The molecule has 0 amide bonds. The van der Waals surface area contributed by atoms with Crippen LogP contribution < -0.4 is 0 Å². The second-order valence-corrected chi connectivity index (χ2v) is 3.55. The van der Waals surface area contributed by atoms with E-state index in [2.05, 4.69) is 4.98 Å². The molecule has 0 saturated heterocycles. The molecule has 0 fully saturated rings. The minimum absolute atomic E-state index is 0.164. The maximum atomic E-state index is 12.6. The van der Waals surface area contributed by atoms with Crippen LogP contribution in [0.2, 0.25) is 0 Å². The van der Waals surface area contributed by atoms with E-state index < -0.39 is 17.8 Å². The maximum absolute atomic E-state index is 12.6. The molecule has 0 saturated carbocycles. The second kappa shape index (κ2) is 5.97. The maximum Gasteiger partial charge on any atom is 0.416 e. The molecule has 0 aliphatic heterocycles. The van der Waals surface area contributed by atoms with Gasteiger partial charge in [-0.05, 0) is 12.5 Å². The van der Waals surface area contributed by atoms with Crippen molar-refractivity contribution in [3.05, 3.63) is 29.6 Å². The zero-order valence-electron chi connectivity index (χ0n) is 9.37. The summed E-state index contributed by atoms with van der Waals surface area (Å²) >= 11 is 0. The summed E-state index contributed by atoms with van der Waals surface area (Å²) in [5, 5.41) is 9.63. The third-order valence-electron chi connectivity index (χ3n) is 2.14. The van der Waals surface area contributed by atoms with Gasteiger partial charge >= 0.3 is 6.18 Å². The molecule has 1 N–H and O–H groups in total. The number of ether oxygens (including phenoxy) is 1. The molecular weight excluding hydrogens is 235 g/mol. The smallest absolute Gasteiger partial charge is 0.386 e. The van der Waals surface area contributed by atoms with Crippen LogP contribution in [0, 0.1) is 0 Å². The number of rotatable bonds is 5. The molecule has 1 aromatic rings. The molecular formula is C11H14F3NO2. The number of aliphatic hydroxyl groups is 1. The molecule has 0 aromatic carbocycles. The number of nitrogens with zero attached hydrogens (tertiary/aromatic N) is 1. The van der Waals surface area contributed by atoms with Gasteiger partial charge in [-0.2, -0.15) is 13.2 Å². The fourth-order valence-electron chi connectivity index (χ4n) is 1.36. The minimum Gasteiger partial charge on any atom is -0.386 e. The van der Waals surface area contributed by atoms with Crippen LogP contribution in [0.15, 0.2) is 18.5 Å². The summed E-state index contributed by atoms with van der Waals surface area (Å²) in [4.78, 5) is 3.59. The van der Waals surface area contributed by atoms with Gasteiger partial charge in [0.25, 0.3) is 0 Å². The van der Waals surface area contributed by atoms with Crippen molar-refractivity contribution >= 4 is 0 Å². The van der Waals surface area contributed by atoms with Crippen LogP contribution in [0.25, 0.3) is 0 Å². The molecule has 17 heavy (non-hydrogen) atoms. The van der Waals surface area contributed by atoms with Crippen LogP contribution in [-0.2, 0) is 10.9 Å². The highest BCUT2D eigenvalue weighted by atomic mass is 19.4. The van der Waals surface area contributed by atoms with Gasteiger partial charge in [0, 0.05) is 24.6 Å². The summed E-state index contributed by atoms with van der Waals surface area (Å²) in [5.41, 5.74) is -1.13. The van der Waals surface area contributed by atoms with Gasteiger partial charge < -0.3 is 9.84 Å². The van der Waals surface area contributed by atoms with Crippen LogP contribution in [0.1, 0.15) is 30.6 Å². The van der Waals surface area contributed by atoms with Crippen LogP contribution in [0.4, 0.5) is 13.2 Å². The topological polar surface area (TPSA) is 42.4 Å². The molecule has 3 nitrogen and oxygen atoms in total. The zero-order valence-corrected chi connectivity index (χ0v) is 9.37. The summed E-state index contributed by atoms with van der Waals surface area (Å²) in [5.74, 6) is 0. The van der Waals surface area contributed by atoms with Gasteiger partial charge in [-0.15, -0.1) is 0 Å². The first-order valence-corrected chi connectivity index (χ1v) is 5.23. The molecule has 6 heteroatoms. The Morgan fingerprint density at radius 1 is 1.47 bits per heavy atom. The lowest BCUT2D eigenvalue weighted by atomic mass is 10.1. The fourth-order valence-corrected chi connectivity index (χ4v) is 1.36. The highest BCUT2D eigenvalue weighted by Gasteiger charge is 2.34. The first-order chi connectivity index (χ1) is 7.96. The van der Waals surface area contributed by atoms with E-state index in [1.54, 1.807) is 0 Å². The van der Waals surface area contributed by atoms with Crippen molar-refractivity contribution in [1.29, 1.82) is 0 Å². The quantitative estimate of drug-likeness (QED) is 0.815. The number of hydrogen-bond acceptors (Lipinski definition) is 3. The lowest BCUT2D eigenvalue weighted by Crippen LogP contribution is -2.15. The SMILES string of the molecule is CCCOCC(O)c1cnccc1C(F)(F)F. The van der Waals surface area contributed by atoms with E-state index in [1.807, 2.05) is 6.92 Å². The first-order valence-electron chi connectivity index (χ1n) is 5.23. The van der Waals surface area contributed by atoms with Crippen molar-refractivity contribution in [2.24, 2.45) is 0 Å². The van der Waals surface area contributed by atoms with Crippen LogP contribution >= 0.6 is 0 Å². The lowest BCUT2D eigenvalue weighted by molar-refractivity contribution is -0.139. The summed E-state index contributed by atoms with van der Waals surface area (Å²) < 4.78 is 42.9. The van der Waals surface area contributed by atoms with Crippen LogP contribution in [-0.4, -0.2) is 23.3 Å². The standard InChI is InChI=1S/C11H14F3NO2/c1-2-5-17-7-10(16)8-6-15-4-3-9(8)11(12,13)14/h3-4,6,10,16H,2,5,7H2,1H3. The Labute approximate surface area is 97.2 Å². The molecule has 0 bridgehead atoms. The highest BCUT2D eigenvalue weighted by Crippen LogP contribution is 2.33. The minimum atomic E-state index is -4.50. The average Bonchev–Trinajstić information content (AvgIpc) is 2.28. The Hall–Kier alpha value is -1.14. The number of alkyl halides is 3. The molecule has 0 aliphatic rings. The Morgan fingerprint density at radius 3 is 2.76 bits per heavy atom. The van der Waals surface area contributed by atoms with Crippen molar-refractivity contribution in [3.8, 4) is 0 Å². The fraction of sp³-hybridized carbons (Fsp3) is 0.545. The molecule has 1 aromatic heterocycles. The normalized spacial score (nSPS) is 13.7. The molecule has 0 spiro atoms. The Balaban J connectivity index is 2.82. The molecule has 1 atom stereocenters. The first kappa shape index (κ1) is 13.9. The number of halogens is 3. The van der Waals surface area contributed by atoms with E-state index in [1.165, 1.54) is 0 Å². The summed E-state index contributed by atoms with van der Waals surface area (Å²) in [6.45, 7) is 2.11. The predicted molar refractivity (Wildman–Crippen MR) is 55.3 cm³/mol. The van der Waals surface area contributed by atoms with Crippen LogP contribution in [0.3, 0.4) is 0 Å². The van der Waals surface area contributed by atoms with Crippen LogP contribution in [0.5, 0.6) is 0 Å². The largest absolute Gasteiger partial charge is 0.416 e. The van der Waals surface area contributed by atoms with Crippen molar-refractivity contribution in [2.75, 3.05) is 13.2 Å². The summed E-state index contributed by atoms with van der Waals surface area (Å²) in [6.07, 6.45) is -3.00. The number of aromatic nitrogens is 1. The summed E-state index contributed by atoms with van der Waals surface area (Å²) in [6, 6.07) is 0.846. The van der Waals surface area contributed by atoms with Crippen molar-refractivity contribution < 1.29 is 23.0 Å². The molecule has 1 heterocycles. The van der Waals surface area contributed by atoms with E-state index >= 15 is 0 Å². The lowest BCUT2D eigenvalue weighted by Gasteiger charge is -2.16. The Kier molecular flexibility index (Phi) is 4.89. The summed E-state index contributed by atoms with van der Waals surface area (Å²) in [7, 11) is 0. The van der Waals surface area contributed by atoms with Gasteiger partial charge in [0.1, 0.15) is 6.10 Å². The second-order valence-electron chi connectivity index (χ2n) is 3.55. The van der Waals surface area contributed by atoms with Crippen molar-refractivity contribution in [1.82, 2.24) is 4.98 Å². The third kappa shape index (κ3) is 3.98. The van der Waals surface area contributed by atoms with Gasteiger partial charge in [0.2, 0.25) is 0 Å².